The number of rotatable bonds is 1. The lowest BCUT2D eigenvalue weighted by Crippen LogP contribution is -2.59. The van der Waals surface area contributed by atoms with Crippen LogP contribution in [-0.2, 0) is 0 Å². The fraction of sp³-hybridized carbons (Fsp3) is 0.923. The lowest BCUT2D eigenvalue weighted by Gasteiger charge is -2.49. The van der Waals surface area contributed by atoms with Crippen LogP contribution in [-0.4, -0.2) is 29.0 Å². The predicted octanol–water partition coefficient (Wildman–Crippen LogP) is 1.97. The summed E-state index contributed by atoms with van der Waals surface area (Å²) in [5, 5.41) is 0. The van der Waals surface area contributed by atoms with Crippen LogP contribution in [0.3, 0.4) is 0 Å². The van der Waals surface area contributed by atoms with E-state index in [0.717, 1.165) is 24.3 Å². The SMILES string of the molecule is CC1CCCC2(CN=C(N)N2C2CC2)C1C. The summed E-state index contributed by atoms with van der Waals surface area (Å²) in [6.07, 6.45) is 6.65. The maximum atomic E-state index is 6.11. The van der Waals surface area contributed by atoms with Gasteiger partial charge in [-0.3, -0.25) is 4.99 Å². The molecule has 90 valence electrons. The summed E-state index contributed by atoms with van der Waals surface area (Å²) in [5.41, 5.74) is 6.39. The van der Waals surface area contributed by atoms with Crippen molar-refractivity contribution < 1.29 is 0 Å². The molecule has 0 bridgehead atoms. The van der Waals surface area contributed by atoms with Gasteiger partial charge in [0.05, 0.1) is 12.1 Å². The first-order chi connectivity index (χ1) is 7.65. The maximum Gasteiger partial charge on any atom is 0.192 e. The average molecular weight is 221 g/mol. The van der Waals surface area contributed by atoms with Crippen LogP contribution in [0.5, 0.6) is 0 Å². The fourth-order valence-corrected chi connectivity index (χ4v) is 3.78. The number of hydrogen-bond acceptors (Lipinski definition) is 3. The summed E-state index contributed by atoms with van der Waals surface area (Å²) >= 11 is 0. The van der Waals surface area contributed by atoms with E-state index in [1.54, 1.807) is 0 Å². The highest BCUT2D eigenvalue weighted by Gasteiger charge is 2.53. The van der Waals surface area contributed by atoms with Crippen LogP contribution in [0.2, 0.25) is 0 Å². The minimum atomic E-state index is 0.281. The Morgan fingerprint density at radius 1 is 1.31 bits per heavy atom. The van der Waals surface area contributed by atoms with Gasteiger partial charge in [0.1, 0.15) is 0 Å². The normalized spacial score (nSPS) is 43.9. The van der Waals surface area contributed by atoms with E-state index in [1.165, 1.54) is 32.1 Å². The van der Waals surface area contributed by atoms with Crippen LogP contribution >= 0.6 is 0 Å². The molecular formula is C13H23N3. The first-order valence-electron chi connectivity index (χ1n) is 6.74. The third kappa shape index (κ3) is 1.30. The van der Waals surface area contributed by atoms with Crippen LogP contribution in [0.15, 0.2) is 4.99 Å². The van der Waals surface area contributed by atoms with E-state index in [4.69, 9.17) is 5.73 Å². The van der Waals surface area contributed by atoms with E-state index >= 15 is 0 Å². The minimum Gasteiger partial charge on any atom is -0.370 e. The zero-order chi connectivity index (χ0) is 11.3. The number of aliphatic imine (C=N–C) groups is 1. The Labute approximate surface area is 98.1 Å². The van der Waals surface area contributed by atoms with Gasteiger partial charge in [-0.05, 0) is 31.1 Å². The first kappa shape index (κ1) is 10.4. The highest BCUT2D eigenvalue weighted by molar-refractivity contribution is 5.81. The summed E-state index contributed by atoms with van der Waals surface area (Å²) < 4.78 is 0. The van der Waals surface area contributed by atoms with E-state index in [9.17, 15) is 0 Å². The summed E-state index contributed by atoms with van der Waals surface area (Å²) in [5.74, 6) is 2.37. The quantitative estimate of drug-likeness (QED) is 0.735. The summed E-state index contributed by atoms with van der Waals surface area (Å²) in [4.78, 5) is 7.05. The number of guanidine groups is 1. The van der Waals surface area contributed by atoms with Gasteiger partial charge in [0.25, 0.3) is 0 Å². The first-order valence-corrected chi connectivity index (χ1v) is 6.74. The Morgan fingerprint density at radius 3 is 2.75 bits per heavy atom. The molecule has 2 N–H and O–H groups in total. The monoisotopic (exact) mass is 221 g/mol. The molecule has 0 saturated heterocycles. The second kappa shape index (κ2) is 3.38. The minimum absolute atomic E-state index is 0.281. The molecule has 1 aliphatic heterocycles. The van der Waals surface area contributed by atoms with Gasteiger partial charge in [0.2, 0.25) is 0 Å². The molecular weight excluding hydrogens is 198 g/mol. The van der Waals surface area contributed by atoms with E-state index in [0.29, 0.717) is 6.04 Å². The molecule has 3 aliphatic rings. The highest BCUT2D eigenvalue weighted by atomic mass is 15.4. The summed E-state index contributed by atoms with van der Waals surface area (Å²) in [6.45, 7) is 5.75. The van der Waals surface area contributed by atoms with E-state index in [1.807, 2.05) is 0 Å². The summed E-state index contributed by atoms with van der Waals surface area (Å²) in [7, 11) is 0. The Bertz CT molecular complexity index is 321. The van der Waals surface area contributed by atoms with Crippen molar-refractivity contribution in [3.8, 4) is 0 Å². The molecule has 3 unspecified atom stereocenters. The van der Waals surface area contributed by atoms with Crippen LogP contribution in [0.25, 0.3) is 0 Å². The zero-order valence-electron chi connectivity index (χ0n) is 10.4. The molecule has 1 heterocycles. The standard InChI is InChI=1S/C13H23N3/c1-9-4-3-7-13(10(9)2)8-15-12(14)16(13)11-5-6-11/h9-11H,3-8H2,1-2H3,(H2,14,15). The van der Waals surface area contributed by atoms with Crippen molar-refractivity contribution in [1.29, 1.82) is 0 Å². The zero-order valence-corrected chi connectivity index (χ0v) is 10.4. The molecule has 2 saturated carbocycles. The van der Waals surface area contributed by atoms with Gasteiger partial charge in [0.15, 0.2) is 5.96 Å². The van der Waals surface area contributed by atoms with Gasteiger partial charge in [-0.1, -0.05) is 26.7 Å². The Balaban J connectivity index is 1.91. The molecule has 0 aromatic heterocycles. The van der Waals surface area contributed by atoms with Crippen molar-refractivity contribution >= 4 is 5.96 Å². The topological polar surface area (TPSA) is 41.6 Å². The molecule has 3 heteroatoms. The molecule has 1 spiro atoms. The Kier molecular flexibility index (Phi) is 2.20. The molecule has 0 aromatic carbocycles. The highest BCUT2D eigenvalue weighted by Crippen LogP contribution is 2.47. The van der Waals surface area contributed by atoms with Crippen LogP contribution in [0, 0.1) is 11.8 Å². The predicted molar refractivity (Wildman–Crippen MR) is 66.3 cm³/mol. The van der Waals surface area contributed by atoms with Gasteiger partial charge in [-0.25, -0.2) is 0 Å². The average Bonchev–Trinajstić information content (AvgIpc) is 3.02. The summed E-state index contributed by atoms with van der Waals surface area (Å²) in [6, 6.07) is 0.707. The third-order valence-electron chi connectivity index (χ3n) is 5.12. The second-order valence-electron chi connectivity index (χ2n) is 6.04. The molecule has 3 nitrogen and oxygen atoms in total. The van der Waals surface area contributed by atoms with E-state index < -0.39 is 0 Å². The molecule has 0 amide bonds. The third-order valence-corrected chi connectivity index (χ3v) is 5.12. The number of hydrogen-bond donors (Lipinski definition) is 1. The van der Waals surface area contributed by atoms with Crippen molar-refractivity contribution in [3.63, 3.8) is 0 Å². The lowest BCUT2D eigenvalue weighted by atomic mass is 9.67. The molecule has 2 aliphatic carbocycles. The van der Waals surface area contributed by atoms with Crippen molar-refractivity contribution in [1.82, 2.24) is 4.90 Å². The Morgan fingerprint density at radius 2 is 2.06 bits per heavy atom. The van der Waals surface area contributed by atoms with Crippen LogP contribution in [0.4, 0.5) is 0 Å². The molecule has 2 fully saturated rings. The smallest absolute Gasteiger partial charge is 0.192 e. The molecule has 3 rings (SSSR count). The van der Waals surface area contributed by atoms with E-state index in [-0.39, 0.29) is 5.54 Å². The molecule has 16 heavy (non-hydrogen) atoms. The molecule has 0 aromatic rings. The van der Waals surface area contributed by atoms with Gasteiger partial charge in [-0.2, -0.15) is 0 Å². The van der Waals surface area contributed by atoms with Gasteiger partial charge in [0, 0.05) is 6.04 Å². The number of nitrogens with two attached hydrogens (primary N) is 1. The largest absolute Gasteiger partial charge is 0.370 e. The molecule has 0 radical (unpaired) electrons. The molecule has 3 atom stereocenters. The Hall–Kier alpha value is -0.730. The van der Waals surface area contributed by atoms with Crippen molar-refractivity contribution in [2.75, 3.05) is 6.54 Å². The lowest BCUT2D eigenvalue weighted by molar-refractivity contribution is 0.0436. The van der Waals surface area contributed by atoms with Gasteiger partial charge < -0.3 is 10.6 Å². The van der Waals surface area contributed by atoms with Crippen LogP contribution < -0.4 is 5.73 Å². The number of nitrogens with zero attached hydrogens (tertiary/aromatic N) is 2. The van der Waals surface area contributed by atoms with E-state index in [2.05, 4.69) is 23.7 Å². The fourth-order valence-electron chi connectivity index (χ4n) is 3.78. The maximum absolute atomic E-state index is 6.11. The van der Waals surface area contributed by atoms with Crippen LogP contribution in [0.1, 0.15) is 46.0 Å². The van der Waals surface area contributed by atoms with Gasteiger partial charge >= 0.3 is 0 Å². The van der Waals surface area contributed by atoms with Crippen molar-refractivity contribution in [2.24, 2.45) is 22.6 Å². The van der Waals surface area contributed by atoms with Crippen molar-refractivity contribution in [2.45, 2.75) is 57.5 Å². The second-order valence-corrected chi connectivity index (χ2v) is 6.04. The van der Waals surface area contributed by atoms with Crippen molar-refractivity contribution in [3.05, 3.63) is 0 Å². The van der Waals surface area contributed by atoms with Gasteiger partial charge in [-0.15, -0.1) is 0 Å².